The first-order valence-electron chi connectivity index (χ1n) is 9.76. The third-order valence-corrected chi connectivity index (χ3v) is 4.58. The Kier molecular flexibility index (Phi) is 6.53. The van der Waals surface area contributed by atoms with E-state index < -0.39 is 52.7 Å². The minimum atomic E-state index is -1.67. The number of likely N-dealkylation sites (tertiary alicyclic amines) is 1. The van der Waals surface area contributed by atoms with E-state index in [1.807, 2.05) is 0 Å². The zero-order chi connectivity index (χ0) is 23.7. The van der Waals surface area contributed by atoms with Gasteiger partial charge in [-0.05, 0) is 53.7 Å². The fraction of sp³-hybridized carbons (Fsp3) is 0.524. The van der Waals surface area contributed by atoms with E-state index in [0.29, 0.717) is 0 Å². The van der Waals surface area contributed by atoms with Crippen molar-refractivity contribution >= 4 is 29.6 Å². The van der Waals surface area contributed by atoms with Gasteiger partial charge in [0.25, 0.3) is 0 Å². The molecule has 1 aromatic rings. The molecule has 10 nitrogen and oxygen atoms in total. The van der Waals surface area contributed by atoms with Gasteiger partial charge < -0.3 is 19.7 Å². The van der Waals surface area contributed by atoms with Gasteiger partial charge in [0, 0.05) is 18.9 Å². The molecule has 1 fully saturated rings. The van der Waals surface area contributed by atoms with Crippen LogP contribution >= 0.6 is 0 Å². The van der Waals surface area contributed by atoms with E-state index in [1.165, 1.54) is 26.8 Å². The van der Waals surface area contributed by atoms with E-state index in [-0.39, 0.29) is 18.5 Å². The number of hydrogen-bond donors (Lipinski definition) is 2. The maximum Gasteiger partial charge on any atom is 0.415 e. The molecule has 0 saturated carbocycles. The zero-order valence-electron chi connectivity index (χ0n) is 18.5. The van der Waals surface area contributed by atoms with Gasteiger partial charge in [-0.1, -0.05) is 0 Å². The average Bonchev–Trinajstić information content (AvgIpc) is 2.94. The lowest BCUT2D eigenvalue weighted by Gasteiger charge is -2.38. The van der Waals surface area contributed by atoms with E-state index in [0.717, 1.165) is 21.9 Å². The summed E-state index contributed by atoms with van der Waals surface area (Å²) >= 11 is 0. The fourth-order valence-electron chi connectivity index (χ4n) is 3.06. The zero-order valence-corrected chi connectivity index (χ0v) is 18.5. The summed E-state index contributed by atoms with van der Waals surface area (Å²) in [5.41, 5.74) is -2.51. The summed E-state index contributed by atoms with van der Waals surface area (Å²) in [5.74, 6) is -2.72. The first-order chi connectivity index (χ1) is 14.1. The smallest absolute Gasteiger partial charge is 0.415 e. The maximum atomic E-state index is 13.0. The summed E-state index contributed by atoms with van der Waals surface area (Å²) in [5, 5.41) is 19.5. The van der Waals surface area contributed by atoms with Crippen LogP contribution in [0.15, 0.2) is 18.2 Å². The molecule has 1 atom stereocenters. The molecule has 1 aliphatic rings. The molecule has 1 aromatic carbocycles. The summed E-state index contributed by atoms with van der Waals surface area (Å²) < 4.78 is 10.8. The van der Waals surface area contributed by atoms with Gasteiger partial charge in [-0.15, -0.1) is 0 Å². The molecule has 0 aromatic heterocycles. The Bertz CT molecular complexity index is 887. The van der Waals surface area contributed by atoms with Gasteiger partial charge in [-0.25, -0.2) is 14.5 Å². The molecule has 1 unspecified atom stereocenters. The lowest BCUT2D eigenvalue weighted by Crippen LogP contribution is -2.57. The van der Waals surface area contributed by atoms with Crippen LogP contribution in [0.1, 0.15) is 54.4 Å². The van der Waals surface area contributed by atoms with Crippen molar-refractivity contribution in [3.05, 3.63) is 18.2 Å². The van der Waals surface area contributed by atoms with E-state index in [4.69, 9.17) is 9.47 Å². The standard InChI is InChI=1S/C21H28N2O8/c1-12(22-16(26)9-10-17(22)27)30-18(28)21(5,6)23(19(29)31-20(2,3)4)13-7-8-14(24)15(25)11-13/h7-8,11-12,24-25H,9-10H2,1-6H3. The van der Waals surface area contributed by atoms with Crippen molar-refractivity contribution in [2.24, 2.45) is 0 Å². The number of aromatic hydroxyl groups is 2. The second-order valence-corrected chi connectivity index (χ2v) is 8.71. The van der Waals surface area contributed by atoms with Gasteiger partial charge in [0.2, 0.25) is 11.8 Å². The van der Waals surface area contributed by atoms with Crippen molar-refractivity contribution in [1.82, 2.24) is 4.90 Å². The second kappa shape index (κ2) is 8.44. The number of imide groups is 1. The Morgan fingerprint density at radius 2 is 1.58 bits per heavy atom. The van der Waals surface area contributed by atoms with E-state index in [1.54, 1.807) is 20.8 Å². The molecular formula is C21H28N2O8. The highest BCUT2D eigenvalue weighted by Crippen LogP contribution is 2.34. The number of carbonyl (C=O) groups is 4. The maximum absolute atomic E-state index is 13.0. The fourth-order valence-corrected chi connectivity index (χ4v) is 3.06. The number of esters is 1. The molecule has 0 bridgehead atoms. The Morgan fingerprint density at radius 1 is 1.03 bits per heavy atom. The number of phenolic OH excluding ortho intramolecular Hbond substituents is 2. The number of anilines is 1. The quantitative estimate of drug-likeness (QED) is 0.409. The topological polar surface area (TPSA) is 134 Å². The molecule has 0 spiro atoms. The molecule has 31 heavy (non-hydrogen) atoms. The summed E-state index contributed by atoms with van der Waals surface area (Å²) in [6.45, 7) is 9.12. The van der Waals surface area contributed by atoms with E-state index in [2.05, 4.69) is 0 Å². The normalized spacial score (nSPS) is 15.6. The first-order valence-corrected chi connectivity index (χ1v) is 9.76. The van der Waals surface area contributed by atoms with Crippen molar-refractivity contribution in [2.45, 2.75) is 71.8 Å². The molecule has 1 aliphatic heterocycles. The predicted octanol–water partition coefficient (Wildman–Crippen LogP) is 2.66. The lowest BCUT2D eigenvalue weighted by molar-refractivity contribution is -0.169. The van der Waals surface area contributed by atoms with Gasteiger partial charge >= 0.3 is 12.1 Å². The highest BCUT2D eigenvalue weighted by molar-refractivity contribution is 6.02. The molecule has 0 radical (unpaired) electrons. The Labute approximate surface area is 180 Å². The first kappa shape index (κ1) is 24.0. The van der Waals surface area contributed by atoms with Crippen LogP contribution in [0, 0.1) is 0 Å². The van der Waals surface area contributed by atoms with Crippen LogP contribution in [0.3, 0.4) is 0 Å². The third kappa shape index (κ3) is 5.25. The van der Waals surface area contributed by atoms with Crippen LogP contribution in [0.25, 0.3) is 0 Å². The Hall–Kier alpha value is -3.30. The predicted molar refractivity (Wildman–Crippen MR) is 109 cm³/mol. The highest BCUT2D eigenvalue weighted by atomic mass is 16.6. The lowest BCUT2D eigenvalue weighted by atomic mass is 10.0. The summed E-state index contributed by atoms with van der Waals surface area (Å²) in [4.78, 5) is 51.7. The highest BCUT2D eigenvalue weighted by Gasteiger charge is 2.45. The number of hydrogen-bond acceptors (Lipinski definition) is 8. The summed E-state index contributed by atoms with van der Waals surface area (Å²) in [7, 11) is 0. The van der Waals surface area contributed by atoms with E-state index in [9.17, 15) is 29.4 Å². The molecule has 2 rings (SSSR count). The number of benzene rings is 1. The number of phenols is 2. The number of amides is 3. The largest absolute Gasteiger partial charge is 0.504 e. The molecule has 2 N–H and O–H groups in total. The molecule has 3 amide bonds. The molecule has 0 aliphatic carbocycles. The van der Waals surface area contributed by atoms with Gasteiger partial charge in [-0.2, -0.15) is 0 Å². The summed E-state index contributed by atoms with van der Waals surface area (Å²) in [6.07, 6.45) is -1.98. The number of ether oxygens (including phenoxy) is 2. The molecule has 170 valence electrons. The van der Waals surface area contributed by atoms with Crippen LogP contribution in [0.4, 0.5) is 10.5 Å². The number of carbonyl (C=O) groups excluding carboxylic acids is 4. The third-order valence-electron chi connectivity index (χ3n) is 4.58. The summed E-state index contributed by atoms with van der Waals surface area (Å²) in [6, 6.07) is 3.59. The van der Waals surface area contributed by atoms with Crippen molar-refractivity contribution in [3.63, 3.8) is 0 Å². The second-order valence-electron chi connectivity index (χ2n) is 8.71. The average molecular weight is 436 g/mol. The van der Waals surface area contributed by atoms with E-state index >= 15 is 0 Å². The van der Waals surface area contributed by atoms with Gasteiger partial charge in [-0.3, -0.25) is 14.5 Å². The van der Waals surface area contributed by atoms with Crippen molar-refractivity contribution in [3.8, 4) is 11.5 Å². The molecule has 1 heterocycles. The Morgan fingerprint density at radius 3 is 2.06 bits per heavy atom. The number of rotatable bonds is 5. The Balaban J connectivity index is 2.38. The molecule has 10 heteroatoms. The minimum Gasteiger partial charge on any atom is -0.504 e. The van der Waals surface area contributed by atoms with Gasteiger partial charge in [0.1, 0.15) is 11.1 Å². The molecule has 1 saturated heterocycles. The van der Waals surface area contributed by atoms with Crippen LogP contribution < -0.4 is 4.90 Å². The monoisotopic (exact) mass is 436 g/mol. The van der Waals surface area contributed by atoms with Gasteiger partial charge in [0.05, 0.1) is 5.69 Å². The van der Waals surface area contributed by atoms with Crippen molar-refractivity contribution in [2.75, 3.05) is 4.90 Å². The van der Waals surface area contributed by atoms with Crippen LogP contribution in [0.2, 0.25) is 0 Å². The molecular weight excluding hydrogens is 408 g/mol. The minimum absolute atomic E-state index is 0.0426. The van der Waals surface area contributed by atoms with Crippen LogP contribution in [-0.2, 0) is 23.9 Å². The van der Waals surface area contributed by atoms with Crippen molar-refractivity contribution < 1.29 is 38.9 Å². The SMILES string of the molecule is CC(OC(=O)C(C)(C)N(C(=O)OC(C)(C)C)c1ccc(O)c(O)c1)N1C(=O)CCC1=O. The van der Waals surface area contributed by atoms with Crippen LogP contribution in [-0.4, -0.2) is 56.4 Å². The van der Waals surface area contributed by atoms with Crippen molar-refractivity contribution in [1.29, 1.82) is 0 Å². The number of nitrogens with zero attached hydrogens (tertiary/aromatic N) is 2. The van der Waals surface area contributed by atoms with Crippen LogP contribution in [0.5, 0.6) is 11.5 Å². The van der Waals surface area contributed by atoms with Gasteiger partial charge in [0.15, 0.2) is 17.7 Å².